The summed E-state index contributed by atoms with van der Waals surface area (Å²) in [7, 11) is 0. The molecule has 0 radical (unpaired) electrons. The van der Waals surface area contributed by atoms with Gasteiger partial charge >= 0.3 is 0 Å². The van der Waals surface area contributed by atoms with Gasteiger partial charge in [0.2, 0.25) is 0 Å². The first-order chi connectivity index (χ1) is 11.3. The molecule has 5 heteroatoms. The van der Waals surface area contributed by atoms with Gasteiger partial charge in [0.25, 0.3) is 0 Å². The average Bonchev–Trinajstić information content (AvgIpc) is 3.04. The summed E-state index contributed by atoms with van der Waals surface area (Å²) in [6.45, 7) is 9.14. The summed E-state index contributed by atoms with van der Waals surface area (Å²) >= 11 is 0. The number of ether oxygens (including phenoxy) is 2. The Hall–Kier alpha value is -1.56. The van der Waals surface area contributed by atoms with E-state index < -0.39 is 6.10 Å². The molecular formula is C19H28N2O3. The number of fused-ring (bicyclic) bond motifs is 1. The highest BCUT2D eigenvalue weighted by atomic mass is 16.5. The second-order valence-corrected chi connectivity index (χ2v) is 7.79. The maximum absolute atomic E-state index is 10.3. The van der Waals surface area contributed by atoms with Crippen molar-refractivity contribution in [3.8, 4) is 5.75 Å². The Bertz CT molecular complexity index is 693. The summed E-state index contributed by atoms with van der Waals surface area (Å²) in [5.74, 6) is 0.790. The molecule has 1 aliphatic rings. The summed E-state index contributed by atoms with van der Waals surface area (Å²) in [5.41, 5.74) is 0.667. The largest absolute Gasteiger partial charge is 0.490 e. The Balaban J connectivity index is 1.51. The zero-order chi connectivity index (χ0) is 17.4. The van der Waals surface area contributed by atoms with Gasteiger partial charge < -0.3 is 24.9 Å². The van der Waals surface area contributed by atoms with Gasteiger partial charge in [0.05, 0.1) is 11.2 Å². The summed E-state index contributed by atoms with van der Waals surface area (Å²) in [5, 5.41) is 14.7. The quantitative estimate of drug-likeness (QED) is 0.761. The van der Waals surface area contributed by atoms with Crippen molar-refractivity contribution in [2.45, 2.75) is 57.5 Å². The Kier molecular flexibility index (Phi) is 4.60. The zero-order valence-electron chi connectivity index (χ0n) is 14.9. The highest BCUT2D eigenvalue weighted by Gasteiger charge is 2.45. The van der Waals surface area contributed by atoms with E-state index in [0.29, 0.717) is 6.54 Å². The molecule has 1 aromatic carbocycles. The fourth-order valence-electron chi connectivity index (χ4n) is 3.59. The lowest BCUT2D eigenvalue weighted by Gasteiger charge is -2.28. The van der Waals surface area contributed by atoms with E-state index in [2.05, 4.69) is 38.0 Å². The summed E-state index contributed by atoms with van der Waals surface area (Å²) in [4.78, 5) is 3.16. The third-order valence-corrected chi connectivity index (χ3v) is 4.66. The van der Waals surface area contributed by atoms with Crippen LogP contribution in [0.3, 0.4) is 0 Å². The van der Waals surface area contributed by atoms with Gasteiger partial charge in [-0.05, 0) is 52.3 Å². The monoisotopic (exact) mass is 332 g/mol. The van der Waals surface area contributed by atoms with Crippen molar-refractivity contribution < 1.29 is 14.6 Å². The van der Waals surface area contributed by atoms with Crippen LogP contribution in [0.25, 0.3) is 10.9 Å². The molecule has 2 atom stereocenters. The third-order valence-electron chi connectivity index (χ3n) is 4.66. The van der Waals surface area contributed by atoms with Gasteiger partial charge in [0.1, 0.15) is 18.5 Å². The van der Waals surface area contributed by atoms with E-state index in [1.807, 2.05) is 30.5 Å². The maximum Gasteiger partial charge on any atom is 0.128 e. The number of aliphatic hydroxyl groups is 1. The summed E-state index contributed by atoms with van der Waals surface area (Å²) in [6.07, 6.45) is 2.24. The molecule has 1 aliphatic heterocycles. The predicted octanol–water partition coefficient (Wildman–Crippen LogP) is 2.84. The molecule has 2 heterocycles. The topological polar surface area (TPSA) is 66.5 Å². The van der Waals surface area contributed by atoms with E-state index in [-0.39, 0.29) is 23.9 Å². The van der Waals surface area contributed by atoms with Crippen LogP contribution < -0.4 is 10.1 Å². The van der Waals surface area contributed by atoms with Crippen LogP contribution in [0.5, 0.6) is 5.75 Å². The van der Waals surface area contributed by atoms with E-state index in [1.165, 1.54) is 0 Å². The number of hydrogen-bond donors (Lipinski definition) is 3. The number of aromatic amines is 1. The van der Waals surface area contributed by atoms with E-state index in [1.54, 1.807) is 0 Å². The van der Waals surface area contributed by atoms with Crippen molar-refractivity contribution in [3.63, 3.8) is 0 Å². The van der Waals surface area contributed by atoms with E-state index in [4.69, 9.17) is 9.47 Å². The lowest BCUT2D eigenvalue weighted by molar-refractivity contribution is -0.0703. The molecule has 1 fully saturated rings. The van der Waals surface area contributed by atoms with Gasteiger partial charge in [0, 0.05) is 29.7 Å². The number of rotatable bonds is 6. The second kappa shape index (κ2) is 6.39. The van der Waals surface area contributed by atoms with Crippen LogP contribution in [0, 0.1) is 0 Å². The smallest absolute Gasteiger partial charge is 0.128 e. The average molecular weight is 332 g/mol. The Morgan fingerprint density at radius 1 is 1.33 bits per heavy atom. The normalized spacial score (nSPS) is 23.5. The van der Waals surface area contributed by atoms with Crippen molar-refractivity contribution >= 4 is 10.9 Å². The first kappa shape index (κ1) is 17.3. The van der Waals surface area contributed by atoms with E-state index in [0.717, 1.165) is 23.1 Å². The predicted molar refractivity (Wildman–Crippen MR) is 95.5 cm³/mol. The van der Waals surface area contributed by atoms with Crippen molar-refractivity contribution in [1.29, 1.82) is 0 Å². The van der Waals surface area contributed by atoms with Crippen LogP contribution >= 0.6 is 0 Å². The zero-order valence-corrected chi connectivity index (χ0v) is 14.9. The first-order valence-corrected chi connectivity index (χ1v) is 8.57. The Labute approximate surface area is 143 Å². The summed E-state index contributed by atoms with van der Waals surface area (Å²) in [6, 6.07) is 8.07. The number of H-pyrrole nitrogens is 1. The molecule has 2 aromatic rings. The molecule has 0 bridgehead atoms. The maximum atomic E-state index is 10.3. The lowest BCUT2D eigenvalue weighted by atomic mass is 9.94. The number of benzene rings is 1. The fourth-order valence-corrected chi connectivity index (χ4v) is 3.59. The second-order valence-electron chi connectivity index (χ2n) is 7.79. The number of nitrogens with one attached hydrogen (secondary N) is 2. The number of hydrogen-bond acceptors (Lipinski definition) is 4. The van der Waals surface area contributed by atoms with Crippen LogP contribution in [-0.4, -0.2) is 46.6 Å². The highest BCUT2D eigenvalue weighted by Crippen LogP contribution is 2.37. The molecule has 24 heavy (non-hydrogen) atoms. The SMILES string of the molecule is CC1(C)C[C@H](NC[C@@H](O)COc2cccc3[nH]ccc23)C(C)(C)O1. The van der Waals surface area contributed by atoms with Crippen molar-refractivity contribution in [3.05, 3.63) is 30.5 Å². The molecule has 0 spiro atoms. The molecule has 0 aliphatic carbocycles. The lowest BCUT2D eigenvalue weighted by Crippen LogP contribution is -2.46. The molecule has 3 N–H and O–H groups in total. The molecule has 0 saturated carbocycles. The number of aromatic nitrogens is 1. The minimum Gasteiger partial charge on any atom is -0.490 e. The van der Waals surface area contributed by atoms with Gasteiger partial charge in [-0.15, -0.1) is 0 Å². The molecule has 132 valence electrons. The van der Waals surface area contributed by atoms with E-state index in [9.17, 15) is 5.11 Å². The Morgan fingerprint density at radius 2 is 2.12 bits per heavy atom. The molecule has 3 rings (SSSR count). The standard InChI is InChI=1S/C19H28N2O3/c1-18(2)10-17(19(3,4)24-18)21-11-13(22)12-23-16-7-5-6-15-14(16)8-9-20-15/h5-9,13,17,20-22H,10-12H2,1-4H3/t13-,17+/m1/s1. The molecule has 5 nitrogen and oxygen atoms in total. The third kappa shape index (κ3) is 3.74. The summed E-state index contributed by atoms with van der Waals surface area (Å²) < 4.78 is 11.9. The van der Waals surface area contributed by atoms with Crippen molar-refractivity contribution in [1.82, 2.24) is 10.3 Å². The van der Waals surface area contributed by atoms with Crippen LogP contribution in [0.2, 0.25) is 0 Å². The van der Waals surface area contributed by atoms with Gasteiger partial charge in [-0.1, -0.05) is 6.07 Å². The van der Waals surface area contributed by atoms with Gasteiger partial charge in [-0.3, -0.25) is 0 Å². The fraction of sp³-hybridized carbons (Fsp3) is 0.579. The minimum atomic E-state index is -0.571. The van der Waals surface area contributed by atoms with Crippen LogP contribution in [0.1, 0.15) is 34.1 Å². The minimum absolute atomic E-state index is 0.132. The van der Waals surface area contributed by atoms with Crippen LogP contribution in [0.15, 0.2) is 30.5 Å². The highest BCUT2D eigenvalue weighted by molar-refractivity contribution is 5.85. The number of aliphatic hydroxyl groups excluding tert-OH is 1. The molecule has 0 unspecified atom stereocenters. The first-order valence-electron chi connectivity index (χ1n) is 8.57. The molecule has 0 amide bonds. The van der Waals surface area contributed by atoms with Crippen molar-refractivity contribution in [2.75, 3.05) is 13.2 Å². The van der Waals surface area contributed by atoms with Gasteiger partial charge in [-0.2, -0.15) is 0 Å². The molecular weight excluding hydrogens is 304 g/mol. The van der Waals surface area contributed by atoms with Gasteiger partial charge in [-0.25, -0.2) is 0 Å². The van der Waals surface area contributed by atoms with Crippen molar-refractivity contribution in [2.24, 2.45) is 0 Å². The van der Waals surface area contributed by atoms with Crippen LogP contribution in [0.4, 0.5) is 0 Å². The Morgan fingerprint density at radius 3 is 2.83 bits per heavy atom. The molecule has 1 aromatic heterocycles. The van der Waals surface area contributed by atoms with Crippen LogP contribution in [-0.2, 0) is 4.74 Å². The van der Waals surface area contributed by atoms with Gasteiger partial charge in [0.15, 0.2) is 0 Å². The molecule has 1 saturated heterocycles. The van der Waals surface area contributed by atoms with E-state index >= 15 is 0 Å².